The van der Waals surface area contributed by atoms with Gasteiger partial charge in [0.25, 0.3) is 0 Å². The van der Waals surface area contributed by atoms with Gasteiger partial charge in [0.05, 0.1) is 18.9 Å². The smallest absolute Gasteiger partial charge is 0.0612 e. The maximum Gasteiger partial charge on any atom is 0.0612 e. The number of aryl methyl sites for hydroxylation is 1. The van der Waals surface area contributed by atoms with Gasteiger partial charge in [0.1, 0.15) is 0 Å². The van der Waals surface area contributed by atoms with E-state index < -0.39 is 0 Å². The Kier molecular flexibility index (Phi) is 4.61. The summed E-state index contributed by atoms with van der Waals surface area (Å²) in [4.78, 5) is 0. The molecule has 1 aliphatic heterocycles. The maximum absolute atomic E-state index is 5.37. The second kappa shape index (κ2) is 6.21. The predicted molar refractivity (Wildman–Crippen MR) is 75.9 cm³/mol. The Balaban J connectivity index is 2.15. The summed E-state index contributed by atoms with van der Waals surface area (Å²) < 4.78 is 5.37. The number of ether oxygens (including phenoxy) is 1. The highest BCUT2D eigenvalue weighted by Crippen LogP contribution is 2.28. The van der Waals surface area contributed by atoms with E-state index in [1.807, 2.05) is 0 Å². The quantitative estimate of drug-likeness (QED) is 0.885. The van der Waals surface area contributed by atoms with Gasteiger partial charge in [-0.1, -0.05) is 31.5 Å². The first-order valence-corrected chi connectivity index (χ1v) is 6.90. The molecule has 1 unspecified atom stereocenters. The lowest BCUT2D eigenvalue weighted by Gasteiger charge is -2.29. The third-order valence-corrected chi connectivity index (χ3v) is 3.64. The monoisotopic (exact) mass is 248 g/mol. The third-order valence-electron chi connectivity index (χ3n) is 3.64. The normalized spacial score (nSPS) is 18.6. The highest BCUT2D eigenvalue weighted by Gasteiger charge is 2.14. The molecule has 1 aromatic carbocycles. The lowest BCUT2D eigenvalue weighted by atomic mass is 9.95. The molecule has 0 amide bonds. The number of rotatable bonds is 4. The first-order valence-electron chi connectivity index (χ1n) is 6.90. The van der Waals surface area contributed by atoms with Gasteiger partial charge < -0.3 is 10.2 Å². The van der Waals surface area contributed by atoms with Gasteiger partial charge in [-0.3, -0.25) is 0 Å². The minimum Gasteiger partial charge on any atom is -0.379 e. The molecule has 0 radical (unpaired) electrons. The second-order valence-electron chi connectivity index (χ2n) is 5.11. The summed E-state index contributed by atoms with van der Waals surface area (Å²) >= 11 is 0. The van der Waals surface area contributed by atoms with E-state index >= 15 is 0 Å². The maximum atomic E-state index is 5.37. The van der Waals surface area contributed by atoms with Gasteiger partial charge in [-0.2, -0.15) is 0 Å². The average Bonchev–Trinajstić information content (AvgIpc) is 2.41. The second-order valence-corrected chi connectivity index (χ2v) is 5.11. The molecule has 1 aromatic rings. The first kappa shape index (κ1) is 13.4. The summed E-state index contributed by atoms with van der Waals surface area (Å²) in [5.41, 5.74) is 7.54. The molecule has 1 saturated heterocycles. The van der Waals surface area contributed by atoms with Crippen LogP contribution in [0.5, 0.6) is 0 Å². The molecular formula is C15H24N2O. The number of benzene rings is 1. The fourth-order valence-corrected chi connectivity index (χ4v) is 2.26. The Bertz CT molecular complexity index is 386. The van der Waals surface area contributed by atoms with E-state index in [-0.39, 0.29) is 0 Å². The summed E-state index contributed by atoms with van der Waals surface area (Å²) in [5, 5.41) is 2.25. The van der Waals surface area contributed by atoms with Gasteiger partial charge >= 0.3 is 0 Å². The number of anilines is 1. The average molecular weight is 248 g/mol. The largest absolute Gasteiger partial charge is 0.379 e. The molecule has 0 bridgehead atoms. The zero-order valence-electron chi connectivity index (χ0n) is 11.7. The van der Waals surface area contributed by atoms with Crippen molar-refractivity contribution in [2.45, 2.75) is 33.1 Å². The predicted octanol–water partition coefficient (Wildman–Crippen LogP) is 3.17. The van der Waals surface area contributed by atoms with Crippen molar-refractivity contribution < 1.29 is 4.74 Å². The number of hydrogen-bond donors (Lipinski definition) is 1. The summed E-state index contributed by atoms with van der Waals surface area (Å²) in [6, 6.07) is 6.68. The van der Waals surface area contributed by atoms with E-state index in [4.69, 9.17) is 4.74 Å². The molecule has 0 saturated carbocycles. The van der Waals surface area contributed by atoms with Gasteiger partial charge in [-0.15, -0.1) is 0 Å². The van der Waals surface area contributed by atoms with Crippen molar-refractivity contribution in [3.05, 3.63) is 29.3 Å². The van der Waals surface area contributed by atoms with Gasteiger partial charge in [-0.25, -0.2) is 5.01 Å². The molecule has 1 fully saturated rings. The van der Waals surface area contributed by atoms with Crippen molar-refractivity contribution in [3.8, 4) is 0 Å². The van der Waals surface area contributed by atoms with Crippen molar-refractivity contribution in [2.75, 3.05) is 31.7 Å². The highest BCUT2D eigenvalue weighted by atomic mass is 16.5. The van der Waals surface area contributed by atoms with Gasteiger partial charge in [0.2, 0.25) is 0 Å². The Morgan fingerprint density at radius 1 is 1.33 bits per heavy atom. The Hall–Kier alpha value is -1.06. The number of morpholine rings is 1. The molecule has 1 atom stereocenters. The summed E-state index contributed by atoms with van der Waals surface area (Å²) in [5.74, 6) is 0.591. The molecule has 0 spiro atoms. The molecule has 3 heteroatoms. The van der Waals surface area contributed by atoms with Crippen LogP contribution in [0.4, 0.5) is 5.69 Å². The summed E-state index contributed by atoms with van der Waals surface area (Å²) in [6.45, 7) is 10.2. The molecule has 2 rings (SSSR count). The van der Waals surface area contributed by atoms with E-state index in [1.165, 1.54) is 23.2 Å². The van der Waals surface area contributed by atoms with Gasteiger partial charge in [0.15, 0.2) is 0 Å². The minimum atomic E-state index is 0.591. The van der Waals surface area contributed by atoms with Crippen LogP contribution in [0.15, 0.2) is 18.2 Å². The summed E-state index contributed by atoms with van der Waals surface area (Å²) in [6.07, 6.45) is 1.17. The Morgan fingerprint density at radius 3 is 2.72 bits per heavy atom. The van der Waals surface area contributed by atoms with Crippen LogP contribution in [0.2, 0.25) is 0 Å². The SMILES string of the molecule is CCC(C)c1cc(C)ccc1NN1CCOCC1. The molecule has 0 aromatic heterocycles. The van der Waals surface area contributed by atoms with E-state index in [2.05, 4.69) is 49.4 Å². The van der Waals surface area contributed by atoms with Crippen molar-refractivity contribution in [2.24, 2.45) is 0 Å². The first-order chi connectivity index (χ1) is 8.70. The summed E-state index contributed by atoms with van der Waals surface area (Å²) in [7, 11) is 0. The van der Waals surface area contributed by atoms with Crippen molar-refractivity contribution in [1.29, 1.82) is 0 Å². The number of nitrogens with one attached hydrogen (secondary N) is 1. The molecule has 1 aliphatic rings. The fourth-order valence-electron chi connectivity index (χ4n) is 2.26. The van der Waals surface area contributed by atoms with Crippen molar-refractivity contribution in [1.82, 2.24) is 5.01 Å². The van der Waals surface area contributed by atoms with Crippen LogP contribution in [0.25, 0.3) is 0 Å². The lowest BCUT2D eigenvalue weighted by Crippen LogP contribution is -2.40. The van der Waals surface area contributed by atoms with E-state index in [0.29, 0.717) is 5.92 Å². The molecular weight excluding hydrogens is 224 g/mol. The van der Waals surface area contributed by atoms with Crippen LogP contribution >= 0.6 is 0 Å². The van der Waals surface area contributed by atoms with Crippen LogP contribution in [0, 0.1) is 6.92 Å². The third kappa shape index (κ3) is 3.24. The van der Waals surface area contributed by atoms with Crippen LogP contribution in [0.3, 0.4) is 0 Å². The zero-order valence-corrected chi connectivity index (χ0v) is 11.7. The van der Waals surface area contributed by atoms with Crippen molar-refractivity contribution >= 4 is 5.69 Å². The molecule has 18 heavy (non-hydrogen) atoms. The van der Waals surface area contributed by atoms with Crippen LogP contribution in [-0.4, -0.2) is 31.3 Å². The fraction of sp³-hybridized carbons (Fsp3) is 0.600. The number of nitrogens with zero attached hydrogens (tertiary/aromatic N) is 1. The molecule has 0 aliphatic carbocycles. The Labute approximate surface area is 110 Å². The number of hydrogen-bond acceptors (Lipinski definition) is 3. The van der Waals surface area contributed by atoms with E-state index in [0.717, 1.165) is 26.3 Å². The van der Waals surface area contributed by atoms with Crippen molar-refractivity contribution in [3.63, 3.8) is 0 Å². The molecule has 1 N–H and O–H groups in total. The van der Waals surface area contributed by atoms with Crippen LogP contribution < -0.4 is 5.43 Å². The van der Waals surface area contributed by atoms with Crippen LogP contribution in [0.1, 0.15) is 37.3 Å². The van der Waals surface area contributed by atoms with Crippen LogP contribution in [-0.2, 0) is 4.74 Å². The highest BCUT2D eigenvalue weighted by molar-refractivity contribution is 5.53. The number of hydrazine groups is 1. The van der Waals surface area contributed by atoms with E-state index in [9.17, 15) is 0 Å². The lowest BCUT2D eigenvalue weighted by molar-refractivity contribution is 0.0496. The topological polar surface area (TPSA) is 24.5 Å². The molecule has 1 heterocycles. The van der Waals surface area contributed by atoms with Gasteiger partial charge in [0, 0.05) is 13.1 Å². The van der Waals surface area contributed by atoms with Gasteiger partial charge in [-0.05, 0) is 30.9 Å². The molecule has 100 valence electrons. The molecule has 3 nitrogen and oxygen atoms in total. The Morgan fingerprint density at radius 2 is 2.06 bits per heavy atom. The minimum absolute atomic E-state index is 0.591. The standard InChI is InChI=1S/C15H24N2O/c1-4-13(3)14-11-12(2)5-6-15(14)16-17-7-9-18-10-8-17/h5-6,11,13,16H,4,7-10H2,1-3H3. The van der Waals surface area contributed by atoms with E-state index in [1.54, 1.807) is 0 Å². The zero-order chi connectivity index (χ0) is 13.0.